The quantitative estimate of drug-likeness (QED) is 0.113. The van der Waals surface area contributed by atoms with E-state index in [1.165, 1.54) is 47.9 Å². The van der Waals surface area contributed by atoms with Gasteiger partial charge in [-0.3, -0.25) is 13.7 Å². The smallest absolute Gasteiger partial charge is 0.202 e. The Bertz CT molecular complexity index is 3910. The van der Waals surface area contributed by atoms with Gasteiger partial charge in [0.05, 0.1) is 33.1 Å². The second kappa shape index (κ2) is 16.0. The zero-order valence-electron chi connectivity index (χ0n) is 38.1. The first-order valence-electron chi connectivity index (χ1n) is 23.9. The number of hydrogen-bond acceptors (Lipinski definition) is 2. The number of para-hydroxylation sites is 6. The summed E-state index contributed by atoms with van der Waals surface area (Å²) in [4.78, 5) is 11.7. The molecule has 0 aliphatic rings. The molecule has 328 valence electrons. The molecule has 6 heteroatoms. The van der Waals surface area contributed by atoms with Crippen LogP contribution in [0.2, 0.25) is 0 Å². The number of hydrogen-bond donors (Lipinski definition) is 0. The molecule has 0 unspecified atom stereocenters. The van der Waals surface area contributed by atoms with Gasteiger partial charge in [0.15, 0.2) is 0 Å². The van der Waals surface area contributed by atoms with Crippen molar-refractivity contribution < 1.29 is 0 Å². The van der Waals surface area contributed by atoms with E-state index in [0.29, 0.717) is 0 Å². The predicted molar refractivity (Wildman–Crippen MR) is 294 cm³/mol. The van der Waals surface area contributed by atoms with Gasteiger partial charge in [0.2, 0.25) is 8.07 Å². The monoisotopic (exact) mass is 909 g/mol. The van der Waals surface area contributed by atoms with Crippen LogP contribution in [-0.2, 0) is 0 Å². The average Bonchev–Trinajstić information content (AvgIpc) is 4.08. The van der Waals surface area contributed by atoms with Gasteiger partial charge in [-0.25, -0.2) is 9.97 Å². The molecule has 0 atom stereocenters. The van der Waals surface area contributed by atoms with Crippen LogP contribution in [0.3, 0.4) is 0 Å². The Kier molecular flexibility index (Phi) is 9.15. The van der Waals surface area contributed by atoms with E-state index in [2.05, 4.69) is 275 Å². The van der Waals surface area contributed by atoms with Crippen molar-refractivity contribution in [3.63, 3.8) is 0 Å². The van der Waals surface area contributed by atoms with Gasteiger partial charge in [-0.1, -0.05) is 200 Å². The summed E-state index contributed by atoms with van der Waals surface area (Å²) in [5.41, 5.74) is 8.71. The Morgan fingerprint density at radius 3 is 0.786 bits per heavy atom. The van der Waals surface area contributed by atoms with Gasteiger partial charge in [-0.05, 0) is 87.4 Å². The van der Waals surface area contributed by atoms with Crippen LogP contribution in [0.25, 0.3) is 94.0 Å². The third-order valence-corrected chi connectivity index (χ3v) is 19.0. The second-order valence-corrected chi connectivity index (χ2v) is 21.9. The van der Waals surface area contributed by atoms with Crippen molar-refractivity contribution in [2.75, 3.05) is 0 Å². The maximum absolute atomic E-state index is 6.01. The number of fused-ring (bicyclic) bond motifs is 9. The van der Waals surface area contributed by atoms with Crippen LogP contribution in [0.1, 0.15) is 0 Å². The molecule has 70 heavy (non-hydrogen) atoms. The maximum atomic E-state index is 6.01. The zero-order chi connectivity index (χ0) is 46.2. The molecule has 5 nitrogen and oxygen atoms in total. The first kappa shape index (κ1) is 40.0. The minimum Gasteiger partial charge on any atom is -0.294 e. The molecule has 9 aromatic carbocycles. The van der Waals surface area contributed by atoms with Gasteiger partial charge in [0, 0.05) is 37.6 Å². The van der Waals surface area contributed by atoms with Crippen molar-refractivity contribution >= 4 is 94.4 Å². The Balaban J connectivity index is 1.15. The lowest BCUT2D eigenvalue weighted by molar-refractivity contribution is 1.01. The number of aromatic nitrogens is 5. The van der Waals surface area contributed by atoms with E-state index in [0.717, 1.165) is 67.0 Å². The Morgan fingerprint density at radius 2 is 0.486 bits per heavy atom. The molecule has 5 heterocycles. The zero-order valence-corrected chi connectivity index (χ0v) is 39.1. The van der Waals surface area contributed by atoms with Gasteiger partial charge < -0.3 is 0 Å². The summed E-state index contributed by atoms with van der Waals surface area (Å²) in [5.74, 6) is 2.53. The van der Waals surface area contributed by atoms with E-state index < -0.39 is 8.07 Å². The van der Waals surface area contributed by atoms with Gasteiger partial charge in [0.1, 0.15) is 17.5 Å². The summed E-state index contributed by atoms with van der Waals surface area (Å²) in [6.45, 7) is 0. The third kappa shape index (κ3) is 6.03. The molecule has 5 aromatic heterocycles. The van der Waals surface area contributed by atoms with E-state index in [4.69, 9.17) is 9.97 Å². The first-order chi connectivity index (χ1) is 34.7. The summed E-state index contributed by atoms with van der Waals surface area (Å²) in [7, 11) is -3.17. The van der Waals surface area contributed by atoms with E-state index in [1.54, 1.807) is 0 Å². The summed E-state index contributed by atoms with van der Waals surface area (Å²) in [5, 5.41) is 12.0. The fourth-order valence-electron chi connectivity index (χ4n) is 11.4. The van der Waals surface area contributed by atoms with Gasteiger partial charge >= 0.3 is 0 Å². The SMILES string of the molecule is c1ccc([Si](c2ccccc2)(c2ccccc2)c2cc(-c3cc(-n4c5ccccc5c5ccccc54)nc(-n4c5ccccc5c5ccccc54)c3)cc(-n3c4ccccc4c4ccccc43)n2)cc1. The second-order valence-electron chi connectivity index (χ2n) is 18.1. The highest BCUT2D eigenvalue weighted by Gasteiger charge is 2.43. The largest absolute Gasteiger partial charge is 0.294 e. The minimum atomic E-state index is -3.17. The average molecular weight is 910 g/mol. The van der Waals surface area contributed by atoms with Crippen LogP contribution in [-0.4, -0.2) is 31.7 Å². The normalized spacial score (nSPS) is 12.0. The maximum Gasteiger partial charge on any atom is 0.202 e. The lowest BCUT2D eigenvalue weighted by Gasteiger charge is -2.34. The minimum absolute atomic E-state index is 0.834. The third-order valence-electron chi connectivity index (χ3n) is 14.4. The fraction of sp³-hybridized carbons (Fsp3) is 0. The van der Waals surface area contributed by atoms with Crippen LogP contribution < -0.4 is 20.9 Å². The van der Waals surface area contributed by atoms with E-state index >= 15 is 0 Å². The summed E-state index contributed by atoms with van der Waals surface area (Å²) < 4.78 is 7.07. The standard InChI is InChI=1S/C64H43N5Si/c1-4-22-46(23-5-1)70(47-24-6-2-7-25-47,48-26-8-3-9-27-48)64-43-45(42-63(66-64)69-59-38-20-14-32-53(59)54-33-15-21-39-60(54)69)44-40-61(67-55-34-16-10-28-49(55)50-29-11-17-35-56(50)67)65-62(41-44)68-57-36-18-12-30-51(57)52-31-13-19-37-58(52)68/h1-43H. The highest BCUT2D eigenvalue weighted by molar-refractivity contribution is 7.19. The van der Waals surface area contributed by atoms with Gasteiger partial charge in [-0.15, -0.1) is 0 Å². The molecule has 0 spiro atoms. The van der Waals surface area contributed by atoms with Crippen molar-refractivity contribution in [1.82, 2.24) is 23.7 Å². The Morgan fingerprint density at radius 1 is 0.243 bits per heavy atom. The van der Waals surface area contributed by atoms with Crippen molar-refractivity contribution in [3.05, 3.63) is 261 Å². The molecule has 0 fully saturated rings. The molecular formula is C64H43N5Si. The lowest BCUT2D eigenvalue weighted by atomic mass is 10.1. The molecule has 0 bridgehead atoms. The molecule has 0 radical (unpaired) electrons. The Hall–Kier alpha value is -9.10. The summed E-state index contributed by atoms with van der Waals surface area (Å²) >= 11 is 0. The predicted octanol–water partition coefficient (Wildman–Crippen LogP) is 12.8. The van der Waals surface area contributed by atoms with Crippen molar-refractivity contribution in [3.8, 4) is 28.6 Å². The molecule has 14 aromatic rings. The summed E-state index contributed by atoms with van der Waals surface area (Å²) in [6, 6.07) is 94.9. The van der Waals surface area contributed by atoms with Gasteiger partial charge in [0.25, 0.3) is 0 Å². The molecular weight excluding hydrogens is 867 g/mol. The summed E-state index contributed by atoms with van der Waals surface area (Å²) in [6.07, 6.45) is 0. The van der Waals surface area contributed by atoms with Crippen LogP contribution >= 0.6 is 0 Å². The lowest BCUT2D eigenvalue weighted by Crippen LogP contribution is -2.75. The van der Waals surface area contributed by atoms with Crippen LogP contribution in [0, 0.1) is 0 Å². The van der Waals surface area contributed by atoms with Crippen molar-refractivity contribution in [2.45, 2.75) is 0 Å². The highest BCUT2D eigenvalue weighted by atomic mass is 28.3. The van der Waals surface area contributed by atoms with E-state index in [-0.39, 0.29) is 0 Å². The van der Waals surface area contributed by atoms with Crippen molar-refractivity contribution in [2.24, 2.45) is 0 Å². The molecule has 0 N–H and O–H groups in total. The molecule has 14 rings (SSSR count). The van der Waals surface area contributed by atoms with E-state index in [1.807, 2.05) is 0 Å². The molecule has 0 aliphatic carbocycles. The van der Waals surface area contributed by atoms with Crippen LogP contribution in [0.4, 0.5) is 0 Å². The molecule has 0 amide bonds. The molecule has 0 saturated carbocycles. The van der Waals surface area contributed by atoms with Crippen LogP contribution in [0.5, 0.6) is 0 Å². The number of benzene rings is 9. The highest BCUT2D eigenvalue weighted by Crippen LogP contribution is 2.38. The fourth-order valence-corrected chi connectivity index (χ4v) is 16.0. The van der Waals surface area contributed by atoms with Gasteiger partial charge in [-0.2, -0.15) is 0 Å². The van der Waals surface area contributed by atoms with Crippen LogP contribution in [0.15, 0.2) is 261 Å². The molecule has 0 saturated heterocycles. The molecule has 0 aliphatic heterocycles. The first-order valence-corrected chi connectivity index (χ1v) is 25.9. The van der Waals surface area contributed by atoms with Crippen molar-refractivity contribution in [1.29, 1.82) is 0 Å². The number of rotatable bonds is 8. The number of pyridine rings is 2. The Labute approximate surface area is 405 Å². The topological polar surface area (TPSA) is 40.6 Å². The van der Waals surface area contributed by atoms with E-state index in [9.17, 15) is 0 Å². The number of nitrogens with zero attached hydrogens (tertiary/aromatic N) is 5.